The maximum Gasteiger partial charge on any atom is 0.329 e. The maximum atomic E-state index is 12.6. The second-order valence-corrected chi connectivity index (χ2v) is 11.4. The number of anilines is 1. The van der Waals surface area contributed by atoms with Crippen molar-refractivity contribution in [1.82, 2.24) is 0 Å². The summed E-state index contributed by atoms with van der Waals surface area (Å²) >= 11 is 6.18. The smallest absolute Gasteiger partial charge is 0.329 e. The number of nitrogens with one attached hydrogen (secondary N) is 1. The number of hydrogen-bond donors (Lipinski definition) is 2. The molecule has 0 bridgehead atoms. The Morgan fingerprint density at radius 2 is 1.72 bits per heavy atom. The molecule has 3 aromatic rings. The summed E-state index contributed by atoms with van der Waals surface area (Å²) in [6.45, 7) is 0.757. The van der Waals surface area contributed by atoms with Crippen LogP contribution in [0.15, 0.2) is 78.9 Å². The molecule has 0 radical (unpaired) electrons. The highest BCUT2D eigenvalue weighted by molar-refractivity contribution is 6.30. The molecule has 2 N–H and O–H groups in total. The summed E-state index contributed by atoms with van der Waals surface area (Å²) in [7, 11) is 0. The van der Waals surface area contributed by atoms with Crippen LogP contribution >= 0.6 is 11.6 Å². The van der Waals surface area contributed by atoms with E-state index in [-0.39, 0.29) is 5.41 Å². The molecule has 0 saturated heterocycles. The standard InChI is InChI=1S/C31H32ClNO3/c32-23-8-6-9-24(19-23)33-31(29(34)35)15-13-30(14-16-31)27-12-5-4-7-21(27)18-28(30)26-17-22(26)20-36-25-10-2-1-3-11-25/h1-12,19,22,26,28,33H,13-18,20H2,(H,34,35)/t22-,26+,28+,30?,31?/m1/s1. The van der Waals surface area contributed by atoms with Crippen molar-refractivity contribution in [3.05, 3.63) is 95.0 Å². The first-order chi connectivity index (χ1) is 17.5. The van der Waals surface area contributed by atoms with Crippen LogP contribution in [0.25, 0.3) is 0 Å². The average molecular weight is 502 g/mol. The van der Waals surface area contributed by atoms with E-state index in [0.717, 1.165) is 37.3 Å². The fourth-order valence-electron chi connectivity index (χ4n) is 7.05. The second kappa shape index (κ2) is 9.15. The van der Waals surface area contributed by atoms with Crippen molar-refractivity contribution >= 4 is 23.3 Å². The third-order valence-electron chi connectivity index (χ3n) is 9.02. The number of rotatable bonds is 7. The fraction of sp³-hybridized carbons (Fsp3) is 0.387. The van der Waals surface area contributed by atoms with E-state index in [2.05, 4.69) is 29.6 Å². The Labute approximate surface area is 217 Å². The molecular weight excluding hydrogens is 470 g/mol. The summed E-state index contributed by atoms with van der Waals surface area (Å²) in [5, 5.41) is 14.3. The van der Waals surface area contributed by atoms with Gasteiger partial charge < -0.3 is 15.2 Å². The van der Waals surface area contributed by atoms with Gasteiger partial charge in [-0.25, -0.2) is 4.79 Å². The Bertz CT molecular complexity index is 1250. The Balaban J connectivity index is 1.22. The molecular formula is C31H32ClNO3. The molecule has 186 valence electrons. The summed E-state index contributed by atoms with van der Waals surface area (Å²) in [6, 6.07) is 26.3. The van der Waals surface area contributed by atoms with Crippen molar-refractivity contribution in [2.75, 3.05) is 11.9 Å². The maximum absolute atomic E-state index is 12.6. The number of carboxylic acids is 1. The van der Waals surface area contributed by atoms with Gasteiger partial charge in [0.15, 0.2) is 0 Å². The van der Waals surface area contributed by atoms with Crippen molar-refractivity contribution in [3.8, 4) is 5.75 Å². The van der Waals surface area contributed by atoms with Gasteiger partial charge in [-0.15, -0.1) is 0 Å². The fourth-order valence-corrected chi connectivity index (χ4v) is 7.24. The van der Waals surface area contributed by atoms with E-state index in [1.54, 1.807) is 0 Å². The van der Waals surface area contributed by atoms with Gasteiger partial charge in [-0.2, -0.15) is 0 Å². The van der Waals surface area contributed by atoms with Gasteiger partial charge in [0.2, 0.25) is 0 Å². The Kier molecular flexibility index (Phi) is 5.95. The van der Waals surface area contributed by atoms with Crippen LogP contribution in [0.3, 0.4) is 0 Å². The molecule has 0 aromatic heterocycles. The minimum absolute atomic E-state index is 0.0394. The summed E-state index contributed by atoms with van der Waals surface area (Å²) in [6.07, 6.45) is 5.21. The number of carboxylic acid groups (broad SMARTS) is 1. The quantitative estimate of drug-likeness (QED) is 0.367. The molecule has 5 heteroatoms. The van der Waals surface area contributed by atoms with E-state index in [1.165, 1.54) is 17.5 Å². The number of hydrogen-bond acceptors (Lipinski definition) is 3. The number of ether oxygens (including phenoxy) is 1. The number of fused-ring (bicyclic) bond motifs is 2. The molecule has 4 nitrogen and oxygen atoms in total. The van der Waals surface area contributed by atoms with Crippen molar-refractivity contribution in [2.24, 2.45) is 17.8 Å². The average Bonchev–Trinajstić information content (AvgIpc) is 3.60. The van der Waals surface area contributed by atoms with Gasteiger partial charge in [-0.1, -0.05) is 60.1 Å². The number of halogens is 1. The first kappa shape index (κ1) is 23.4. The number of carbonyl (C=O) groups is 1. The zero-order valence-corrected chi connectivity index (χ0v) is 21.1. The first-order valence-corrected chi connectivity index (χ1v) is 13.4. The molecule has 1 spiro atoms. The second-order valence-electron chi connectivity index (χ2n) is 10.9. The molecule has 3 atom stereocenters. The van der Waals surface area contributed by atoms with E-state index >= 15 is 0 Å². The van der Waals surface area contributed by atoms with E-state index in [1.807, 2.05) is 54.6 Å². The minimum atomic E-state index is -0.975. The van der Waals surface area contributed by atoms with E-state index in [4.69, 9.17) is 16.3 Å². The van der Waals surface area contributed by atoms with Crippen LogP contribution in [0.2, 0.25) is 5.02 Å². The molecule has 2 fully saturated rings. The zero-order valence-electron chi connectivity index (χ0n) is 20.3. The molecule has 0 unspecified atom stereocenters. The van der Waals surface area contributed by atoms with Gasteiger partial charge in [0.25, 0.3) is 0 Å². The van der Waals surface area contributed by atoms with Crippen LogP contribution in [0, 0.1) is 17.8 Å². The molecule has 0 amide bonds. The van der Waals surface area contributed by atoms with Gasteiger partial charge in [-0.3, -0.25) is 0 Å². The molecule has 3 aromatic carbocycles. The number of aliphatic carboxylic acids is 1. The third kappa shape index (κ3) is 4.16. The van der Waals surface area contributed by atoms with Crippen LogP contribution in [-0.4, -0.2) is 23.2 Å². The lowest BCUT2D eigenvalue weighted by Gasteiger charge is -2.47. The van der Waals surface area contributed by atoms with Crippen LogP contribution < -0.4 is 10.1 Å². The molecule has 3 aliphatic carbocycles. The number of para-hydroxylation sites is 1. The minimum Gasteiger partial charge on any atom is -0.493 e. The van der Waals surface area contributed by atoms with Crippen LogP contribution in [-0.2, 0) is 16.6 Å². The predicted molar refractivity (Wildman–Crippen MR) is 143 cm³/mol. The van der Waals surface area contributed by atoms with Crippen LogP contribution in [0.4, 0.5) is 5.69 Å². The molecule has 0 heterocycles. The largest absolute Gasteiger partial charge is 0.493 e. The van der Waals surface area contributed by atoms with Gasteiger partial charge in [0, 0.05) is 10.7 Å². The molecule has 2 saturated carbocycles. The predicted octanol–water partition coefficient (Wildman–Crippen LogP) is 6.97. The van der Waals surface area contributed by atoms with E-state index < -0.39 is 11.5 Å². The van der Waals surface area contributed by atoms with Crippen molar-refractivity contribution < 1.29 is 14.6 Å². The topological polar surface area (TPSA) is 58.6 Å². The van der Waals surface area contributed by atoms with E-state index in [0.29, 0.717) is 35.6 Å². The Morgan fingerprint density at radius 3 is 2.47 bits per heavy atom. The first-order valence-electron chi connectivity index (χ1n) is 13.0. The third-order valence-corrected chi connectivity index (χ3v) is 9.25. The van der Waals surface area contributed by atoms with Crippen LogP contribution in [0.5, 0.6) is 5.75 Å². The van der Waals surface area contributed by atoms with Crippen molar-refractivity contribution in [2.45, 2.75) is 49.5 Å². The molecule has 0 aliphatic heterocycles. The normalized spacial score (nSPS) is 30.5. The monoisotopic (exact) mass is 501 g/mol. The zero-order chi connectivity index (χ0) is 24.8. The molecule has 3 aliphatic rings. The molecule has 6 rings (SSSR count). The highest BCUT2D eigenvalue weighted by Crippen LogP contribution is 2.62. The van der Waals surface area contributed by atoms with Crippen LogP contribution in [0.1, 0.15) is 43.2 Å². The van der Waals surface area contributed by atoms with Gasteiger partial charge >= 0.3 is 5.97 Å². The lowest BCUT2D eigenvalue weighted by Crippen LogP contribution is -2.53. The Hall–Kier alpha value is -2.98. The van der Waals surface area contributed by atoms with Gasteiger partial charge in [-0.05, 0) is 103 Å². The lowest BCUT2D eigenvalue weighted by atomic mass is 9.59. The van der Waals surface area contributed by atoms with Crippen molar-refractivity contribution in [3.63, 3.8) is 0 Å². The highest BCUT2D eigenvalue weighted by Gasteiger charge is 2.59. The van der Waals surface area contributed by atoms with Crippen molar-refractivity contribution in [1.29, 1.82) is 0 Å². The SMILES string of the molecule is O=C(O)C1(Nc2cccc(Cl)c2)CCC2(CC1)c1ccccc1C[C@H]2[C@H]1C[C@@H]1COc1ccccc1. The summed E-state index contributed by atoms with van der Waals surface area (Å²) in [5.74, 6) is 1.89. The summed E-state index contributed by atoms with van der Waals surface area (Å²) in [5.41, 5.74) is 2.73. The highest BCUT2D eigenvalue weighted by atomic mass is 35.5. The Morgan fingerprint density at radius 1 is 0.972 bits per heavy atom. The number of benzene rings is 3. The van der Waals surface area contributed by atoms with E-state index in [9.17, 15) is 9.90 Å². The van der Waals surface area contributed by atoms with Gasteiger partial charge in [0.1, 0.15) is 11.3 Å². The summed E-state index contributed by atoms with van der Waals surface area (Å²) < 4.78 is 6.11. The van der Waals surface area contributed by atoms with Gasteiger partial charge in [0.05, 0.1) is 6.61 Å². The lowest BCUT2D eigenvalue weighted by molar-refractivity contribution is -0.144. The molecule has 36 heavy (non-hydrogen) atoms. The summed E-state index contributed by atoms with van der Waals surface area (Å²) in [4.78, 5) is 12.6.